The Kier molecular flexibility index (Phi) is 5.24. The van der Waals surface area contributed by atoms with Crippen LogP contribution in [0.5, 0.6) is 5.75 Å². The van der Waals surface area contributed by atoms with Crippen molar-refractivity contribution >= 4 is 15.7 Å². The highest BCUT2D eigenvalue weighted by Crippen LogP contribution is 2.17. The van der Waals surface area contributed by atoms with E-state index in [0.717, 1.165) is 6.54 Å². The van der Waals surface area contributed by atoms with E-state index in [4.69, 9.17) is 4.74 Å². The lowest BCUT2D eigenvalue weighted by Gasteiger charge is -2.09. The summed E-state index contributed by atoms with van der Waals surface area (Å²) in [6.45, 7) is 3.13. The fourth-order valence-corrected chi connectivity index (χ4v) is 2.30. The van der Waals surface area contributed by atoms with E-state index in [9.17, 15) is 8.42 Å². The second-order valence-corrected chi connectivity index (χ2v) is 5.35. The number of benzene rings is 1. The first-order valence-electron chi connectivity index (χ1n) is 5.42. The highest BCUT2D eigenvalue weighted by Gasteiger charge is 2.09. The first-order chi connectivity index (χ1) is 8.07. The zero-order valence-corrected chi connectivity index (χ0v) is 10.9. The maximum Gasteiger partial charge on any atom is 0.233 e. The predicted octanol–water partition coefficient (Wildman–Crippen LogP) is 1.05. The Morgan fingerprint density at radius 2 is 2.12 bits per heavy atom. The van der Waals surface area contributed by atoms with Crippen molar-refractivity contribution in [3.63, 3.8) is 0 Å². The van der Waals surface area contributed by atoms with Crippen molar-refractivity contribution in [2.45, 2.75) is 6.92 Å². The summed E-state index contributed by atoms with van der Waals surface area (Å²) in [6.07, 6.45) is 0. The summed E-state index contributed by atoms with van der Waals surface area (Å²) in [6, 6.07) is 6.83. The van der Waals surface area contributed by atoms with Crippen LogP contribution >= 0.6 is 0 Å². The van der Waals surface area contributed by atoms with Crippen molar-refractivity contribution < 1.29 is 13.2 Å². The third-order valence-corrected chi connectivity index (χ3v) is 3.43. The van der Waals surface area contributed by atoms with Crippen LogP contribution in [0.2, 0.25) is 0 Å². The molecule has 0 atom stereocenters. The van der Waals surface area contributed by atoms with Crippen LogP contribution in [0.25, 0.3) is 0 Å². The highest BCUT2D eigenvalue weighted by atomic mass is 32.2. The molecule has 0 radical (unpaired) electrons. The van der Waals surface area contributed by atoms with Gasteiger partial charge in [0.2, 0.25) is 10.0 Å². The van der Waals surface area contributed by atoms with Crippen LogP contribution in [0.4, 0.5) is 5.69 Å². The van der Waals surface area contributed by atoms with E-state index in [1.54, 1.807) is 31.4 Å². The van der Waals surface area contributed by atoms with Gasteiger partial charge in [0, 0.05) is 12.6 Å². The molecule has 0 aliphatic carbocycles. The van der Waals surface area contributed by atoms with E-state index >= 15 is 0 Å². The molecule has 0 fully saturated rings. The van der Waals surface area contributed by atoms with Crippen LogP contribution in [-0.2, 0) is 10.0 Å². The second kappa shape index (κ2) is 6.46. The van der Waals surface area contributed by atoms with Crippen LogP contribution in [0.3, 0.4) is 0 Å². The number of methoxy groups -OCH3 is 1. The number of hydrogen-bond acceptors (Lipinski definition) is 4. The number of anilines is 1. The van der Waals surface area contributed by atoms with E-state index in [1.807, 2.05) is 6.92 Å². The summed E-state index contributed by atoms with van der Waals surface area (Å²) < 4.78 is 30.9. The van der Waals surface area contributed by atoms with Crippen LogP contribution < -0.4 is 14.8 Å². The van der Waals surface area contributed by atoms with Crippen LogP contribution in [0.15, 0.2) is 24.3 Å². The minimum Gasteiger partial charge on any atom is -0.497 e. The van der Waals surface area contributed by atoms with Gasteiger partial charge in [-0.15, -0.1) is 0 Å². The van der Waals surface area contributed by atoms with E-state index in [0.29, 0.717) is 18.0 Å². The Bertz CT molecular complexity index is 446. The number of nitrogens with one attached hydrogen (secondary N) is 2. The lowest BCUT2D eigenvalue weighted by atomic mass is 10.3. The molecular formula is C11H18N2O3S. The normalized spacial score (nSPS) is 11.2. The van der Waals surface area contributed by atoms with Gasteiger partial charge in [-0.3, -0.25) is 4.72 Å². The number of sulfonamides is 1. The van der Waals surface area contributed by atoms with Gasteiger partial charge in [0.15, 0.2) is 0 Å². The van der Waals surface area contributed by atoms with Gasteiger partial charge >= 0.3 is 0 Å². The molecule has 6 heteroatoms. The molecule has 17 heavy (non-hydrogen) atoms. The van der Waals surface area contributed by atoms with E-state index in [-0.39, 0.29) is 5.75 Å². The Hall–Kier alpha value is -1.27. The summed E-state index contributed by atoms with van der Waals surface area (Å²) in [7, 11) is -1.76. The molecule has 96 valence electrons. The first-order valence-corrected chi connectivity index (χ1v) is 7.08. The van der Waals surface area contributed by atoms with Gasteiger partial charge in [0.25, 0.3) is 0 Å². The summed E-state index contributed by atoms with van der Waals surface area (Å²) in [4.78, 5) is 0. The van der Waals surface area contributed by atoms with Crippen LogP contribution in [0, 0.1) is 0 Å². The molecule has 0 saturated heterocycles. The largest absolute Gasteiger partial charge is 0.497 e. The summed E-state index contributed by atoms with van der Waals surface area (Å²) in [5.41, 5.74) is 0.515. The zero-order valence-electron chi connectivity index (χ0n) is 10.1. The van der Waals surface area contributed by atoms with Crippen LogP contribution in [-0.4, -0.2) is 34.4 Å². The summed E-state index contributed by atoms with van der Waals surface area (Å²) in [5.74, 6) is 0.676. The highest BCUT2D eigenvalue weighted by molar-refractivity contribution is 7.92. The number of rotatable bonds is 7. The monoisotopic (exact) mass is 258 g/mol. The molecule has 0 unspecified atom stereocenters. The van der Waals surface area contributed by atoms with Gasteiger partial charge in [0.1, 0.15) is 5.75 Å². The third-order valence-electron chi connectivity index (χ3n) is 2.14. The standard InChI is InChI=1S/C11H18N2O3S/c1-3-12-7-8-17(14,15)13-10-5-4-6-11(9-10)16-2/h4-6,9,12-13H,3,7-8H2,1-2H3. The Morgan fingerprint density at radius 1 is 1.35 bits per heavy atom. The SMILES string of the molecule is CCNCCS(=O)(=O)Nc1cccc(OC)c1. The molecule has 0 aromatic heterocycles. The minimum atomic E-state index is -3.30. The topological polar surface area (TPSA) is 67.4 Å². The fraction of sp³-hybridized carbons (Fsp3) is 0.455. The molecule has 1 aromatic carbocycles. The summed E-state index contributed by atoms with van der Waals surface area (Å²) in [5, 5.41) is 2.97. The number of hydrogen-bond donors (Lipinski definition) is 2. The fourth-order valence-electron chi connectivity index (χ4n) is 1.30. The molecule has 1 rings (SSSR count). The Labute approximate surface area is 102 Å². The lowest BCUT2D eigenvalue weighted by Crippen LogP contribution is -2.26. The molecule has 0 heterocycles. The van der Waals surface area contributed by atoms with E-state index in [1.165, 1.54) is 0 Å². The first kappa shape index (κ1) is 13.8. The average molecular weight is 258 g/mol. The predicted molar refractivity (Wildman–Crippen MR) is 68.9 cm³/mol. The molecule has 0 amide bonds. The molecule has 0 bridgehead atoms. The van der Waals surface area contributed by atoms with Gasteiger partial charge < -0.3 is 10.1 Å². The van der Waals surface area contributed by atoms with Gasteiger partial charge in [0.05, 0.1) is 18.6 Å². The van der Waals surface area contributed by atoms with Crippen molar-refractivity contribution in [1.29, 1.82) is 0 Å². The molecule has 0 saturated carbocycles. The molecular weight excluding hydrogens is 240 g/mol. The molecule has 5 nitrogen and oxygen atoms in total. The Morgan fingerprint density at radius 3 is 2.76 bits per heavy atom. The van der Waals surface area contributed by atoms with Gasteiger partial charge in [-0.05, 0) is 18.7 Å². The van der Waals surface area contributed by atoms with E-state index in [2.05, 4.69) is 10.0 Å². The smallest absolute Gasteiger partial charge is 0.233 e. The molecule has 2 N–H and O–H groups in total. The Balaban J connectivity index is 2.62. The van der Waals surface area contributed by atoms with Crippen molar-refractivity contribution in [1.82, 2.24) is 5.32 Å². The average Bonchev–Trinajstić information content (AvgIpc) is 2.29. The molecule has 0 aliphatic rings. The molecule has 0 aliphatic heterocycles. The summed E-state index contributed by atoms with van der Waals surface area (Å²) >= 11 is 0. The maximum absolute atomic E-state index is 11.7. The maximum atomic E-state index is 11.7. The van der Waals surface area contributed by atoms with Crippen molar-refractivity contribution in [3.05, 3.63) is 24.3 Å². The van der Waals surface area contributed by atoms with Crippen molar-refractivity contribution in [2.75, 3.05) is 30.7 Å². The molecule has 0 spiro atoms. The number of ether oxygens (including phenoxy) is 1. The quantitative estimate of drug-likeness (QED) is 0.717. The molecule has 1 aromatic rings. The van der Waals surface area contributed by atoms with Crippen molar-refractivity contribution in [2.24, 2.45) is 0 Å². The lowest BCUT2D eigenvalue weighted by molar-refractivity contribution is 0.415. The van der Waals surface area contributed by atoms with Crippen LogP contribution in [0.1, 0.15) is 6.92 Å². The third kappa shape index (κ3) is 5.06. The second-order valence-electron chi connectivity index (χ2n) is 3.51. The van der Waals surface area contributed by atoms with E-state index < -0.39 is 10.0 Å². The minimum absolute atomic E-state index is 0.0536. The van der Waals surface area contributed by atoms with Gasteiger partial charge in [-0.2, -0.15) is 0 Å². The van der Waals surface area contributed by atoms with Gasteiger partial charge in [-0.25, -0.2) is 8.42 Å². The van der Waals surface area contributed by atoms with Crippen molar-refractivity contribution in [3.8, 4) is 5.75 Å². The van der Waals surface area contributed by atoms with Gasteiger partial charge in [-0.1, -0.05) is 13.0 Å². The zero-order chi connectivity index (χ0) is 12.7.